The Hall–Kier alpha value is -1.67. The van der Waals surface area contributed by atoms with Crippen molar-refractivity contribution < 1.29 is 4.74 Å². The van der Waals surface area contributed by atoms with Crippen LogP contribution in [0.4, 0.5) is 5.69 Å². The quantitative estimate of drug-likeness (QED) is 0.849. The Kier molecular flexibility index (Phi) is 4.11. The molecule has 0 heterocycles. The van der Waals surface area contributed by atoms with E-state index in [1.165, 1.54) is 0 Å². The number of hydrogen-bond acceptors (Lipinski definition) is 2. The number of ether oxygens (including phenoxy) is 1. The fraction of sp³-hybridized carbons (Fsp3) is 0.200. The van der Waals surface area contributed by atoms with Gasteiger partial charge in [0.25, 0.3) is 0 Å². The largest absolute Gasteiger partial charge is 0.493 e. The zero-order valence-corrected chi connectivity index (χ0v) is 11.1. The summed E-state index contributed by atoms with van der Waals surface area (Å²) in [7, 11) is 0. The summed E-state index contributed by atoms with van der Waals surface area (Å²) in [6.45, 7) is 2.60. The van der Waals surface area contributed by atoms with Crippen LogP contribution in [0.5, 0.6) is 5.75 Å². The Morgan fingerprint density at radius 2 is 1.94 bits per heavy atom. The van der Waals surface area contributed by atoms with E-state index in [9.17, 15) is 0 Å². The fourth-order valence-electron chi connectivity index (χ4n) is 1.76. The number of halogens is 1. The lowest BCUT2D eigenvalue weighted by atomic mass is 10.1. The number of hydrogen-bond donors (Lipinski definition) is 1. The standard InChI is InChI=1S/C15H16ClNO/c1-11-6-7-13(16)10-15(11)18-9-8-12-4-2-3-5-14(12)17/h2-7,10H,8-9,17H2,1H3. The van der Waals surface area contributed by atoms with Gasteiger partial charge in [-0.05, 0) is 36.2 Å². The van der Waals surface area contributed by atoms with E-state index in [-0.39, 0.29) is 0 Å². The molecule has 3 heteroatoms. The molecule has 0 aliphatic carbocycles. The fourth-order valence-corrected chi connectivity index (χ4v) is 1.92. The highest BCUT2D eigenvalue weighted by atomic mass is 35.5. The number of rotatable bonds is 4. The number of para-hydroxylation sites is 1. The Labute approximate surface area is 112 Å². The molecule has 2 aromatic rings. The Balaban J connectivity index is 1.96. The predicted molar refractivity (Wildman–Crippen MR) is 76.2 cm³/mol. The molecule has 94 valence electrons. The molecule has 0 amide bonds. The van der Waals surface area contributed by atoms with Crippen LogP contribution >= 0.6 is 11.6 Å². The molecule has 0 spiro atoms. The van der Waals surface area contributed by atoms with Crippen LogP contribution in [0.25, 0.3) is 0 Å². The van der Waals surface area contributed by atoms with E-state index >= 15 is 0 Å². The lowest BCUT2D eigenvalue weighted by molar-refractivity contribution is 0.320. The molecule has 0 saturated carbocycles. The molecule has 2 rings (SSSR count). The smallest absolute Gasteiger partial charge is 0.123 e. The molecule has 0 unspecified atom stereocenters. The molecule has 0 atom stereocenters. The molecule has 0 fully saturated rings. The molecule has 0 bridgehead atoms. The summed E-state index contributed by atoms with van der Waals surface area (Å²) in [4.78, 5) is 0. The predicted octanol–water partition coefficient (Wildman–Crippen LogP) is 3.85. The van der Waals surface area contributed by atoms with Crippen molar-refractivity contribution in [2.24, 2.45) is 0 Å². The van der Waals surface area contributed by atoms with Gasteiger partial charge in [-0.3, -0.25) is 0 Å². The van der Waals surface area contributed by atoms with Gasteiger partial charge >= 0.3 is 0 Å². The normalized spacial score (nSPS) is 10.3. The maximum Gasteiger partial charge on any atom is 0.123 e. The average Bonchev–Trinajstić information content (AvgIpc) is 2.36. The van der Waals surface area contributed by atoms with Crippen LogP contribution in [0, 0.1) is 6.92 Å². The highest BCUT2D eigenvalue weighted by Gasteiger charge is 2.02. The van der Waals surface area contributed by atoms with Gasteiger partial charge in [-0.1, -0.05) is 35.9 Å². The van der Waals surface area contributed by atoms with E-state index in [2.05, 4.69) is 0 Å². The van der Waals surface area contributed by atoms with Gasteiger partial charge in [-0.15, -0.1) is 0 Å². The van der Waals surface area contributed by atoms with E-state index in [1.807, 2.05) is 49.4 Å². The lowest BCUT2D eigenvalue weighted by Crippen LogP contribution is -2.04. The minimum atomic E-state index is 0.593. The van der Waals surface area contributed by atoms with Crippen molar-refractivity contribution in [2.45, 2.75) is 13.3 Å². The van der Waals surface area contributed by atoms with Crippen LogP contribution in [-0.2, 0) is 6.42 Å². The molecule has 2 N–H and O–H groups in total. The van der Waals surface area contributed by atoms with Crippen molar-refractivity contribution in [3.63, 3.8) is 0 Å². The van der Waals surface area contributed by atoms with Crippen LogP contribution < -0.4 is 10.5 Å². The van der Waals surface area contributed by atoms with Gasteiger partial charge in [0.2, 0.25) is 0 Å². The van der Waals surface area contributed by atoms with Crippen molar-refractivity contribution >= 4 is 17.3 Å². The van der Waals surface area contributed by atoms with Gasteiger partial charge in [0.15, 0.2) is 0 Å². The first-order valence-corrected chi connectivity index (χ1v) is 6.27. The summed E-state index contributed by atoms with van der Waals surface area (Å²) in [5, 5.41) is 0.690. The van der Waals surface area contributed by atoms with E-state index < -0.39 is 0 Å². The second-order valence-electron chi connectivity index (χ2n) is 4.21. The zero-order chi connectivity index (χ0) is 13.0. The van der Waals surface area contributed by atoms with Gasteiger partial charge < -0.3 is 10.5 Å². The second kappa shape index (κ2) is 5.78. The van der Waals surface area contributed by atoms with E-state index in [0.717, 1.165) is 29.0 Å². The van der Waals surface area contributed by atoms with Crippen molar-refractivity contribution in [2.75, 3.05) is 12.3 Å². The van der Waals surface area contributed by atoms with Crippen LogP contribution in [0.3, 0.4) is 0 Å². The summed E-state index contributed by atoms with van der Waals surface area (Å²) in [5.41, 5.74) is 8.88. The summed E-state index contributed by atoms with van der Waals surface area (Å²) < 4.78 is 5.74. The van der Waals surface area contributed by atoms with Crippen molar-refractivity contribution in [3.8, 4) is 5.75 Å². The lowest BCUT2D eigenvalue weighted by Gasteiger charge is -2.10. The van der Waals surface area contributed by atoms with Gasteiger partial charge in [0, 0.05) is 17.1 Å². The summed E-state index contributed by atoms with van der Waals surface area (Å²) >= 11 is 5.94. The summed E-state index contributed by atoms with van der Waals surface area (Å²) in [6, 6.07) is 13.5. The van der Waals surface area contributed by atoms with E-state index in [4.69, 9.17) is 22.1 Å². The Bertz CT molecular complexity index is 540. The number of nitrogen functional groups attached to an aromatic ring is 1. The molecule has 0 aliphatic rings. The molecule has 0 saturated heterocycles. The third-order valence-electron chi connectivity index (χ3n) is 2.83. The molecular formula is C15H16ClNO. The van der Waals surface area contributed by atoms with Gasteiger partial charge in [0.1, 0.15) is 5.75 Å². The van der Waals surface area contributed by atoms with E-state index in [1.54, 1.807) is 0 Å². The molecule has 0 radical (unpaired) electrons. The third kappa shape index (κ3) is 3.17. The molecule has 0 aliphatic heterocycles. The molecule has 2 aromatic carbocycles. The van der Waals surface area contributed by atoms with Gasteiger partial charge in [-0.2, -0.15) is 0 Å². The number of anilines is 1. The van der Waals surface area contributed by atoms with E-state index in [0.29, 0.717) is 11.6 Å². The topological polar surface area (TPSA) is 35.2 Å². The molecular weight excluding hydrogens is 246 g/mol. The first kappa shape index (κ1) is 12.8. The third-order valence-corrected chi connectivity index (χ3v) is 3.07. The Morgan fingerprint density at radius 3 is 2.72 bits per heavy atom. The average molecular weight is 262 g/mol. The minimum absolute atomic E-state index is 0.593. The number of nitrogens with two attached hydrogens (primary N) is 1. The summed E-state index contributed by atoms with van der Waals surface area (Å²) in [5.74, 6) is 0.831. The van der Waals surface area contributed by atoms with Crippen LogP contribution in [0.1, 0.15) is 11.1 Å². The maximum absolute atomic E-state index is 5.94. The van der Waals surface area contributed by atoms with Crippen LogP contribution in [0.2, 0.25) is 5.02 Å². The van der Waals surface area contributed by atoms with Crippen LogP contribution in [0.15, 0.2) is 42.5 Å². The first-order chi connectivity index (χ1) is 8.66. The highest BCUT2D eigenvalue weighted by molar-refractivity contribution is 6.30. The Morgan fingerprint density at radius 1 is 1.17 bits per heavy atom. The monoisotopic (exact) mass is 261 g/mol. The first-order valence-electron chi connectivity index (χ1n) is 5.89. The van der Waals surface area contributed by atoms with Crippen molar-refractivity contribution in [3.05, 3.63) is 58.6 Å². The molecule has 0 aromatic heterocycles. The van der Waals surface area contributed by atoms with Gasteiger partial charge in [0.05, 0.1) is 6.61 Å². The van der Waals surface area contributed by atoms with Crippen molar-refractivity contribution in [1.29, 1.82) is 0 Å². The SMILES string of the molecule is Cc1ccc(Cl)cc1OCCc1ccccc1N. The molecule has 2 nitrogen and oxygen atoms in total. The minimum Gasteiger partial charge on any atom is -0.493 e. The molecule has 18 heavy (non-hydrogen) atoms. The van der Waals surface area contributed by atoms with Gasteiger partial charge in [-0.25, -0.2) is 0 Å². The second-order valence-corrected chi connectivity index (χ2v) is 4.64. The summed E-state index contributed by atoms with van der Waals surface area (Å²) in [6.07, 6.45) is 0.790. The maximum atomic E-state index is 5.94. The van der Waals surface area contributed by atoms with Crippen LogP contribution in [-0.4, -0.2) is 6.61 Å². The highest BCUT2D eigenvalue weighted by Crippen LogP contribution is 2.22. The van der Waals surface area contributed by atoms with Crippen molar-refractivity contribution in [1.82, 2.24) is 0 Å². The number of aryl methyl sites for hydroxylation is 1. The number of benzene rings is 2. The zero-order valence-electron chi connectivity index (χ0n) is 10.3.